The quantitative estimate of drug-likeness (QED) is 0.389. The second-order valence-corrected chi connectivity index (χ2v) is 9.81. The number of amides is 2. The smallest absolute Gasteiger partial charge is 0.410 e. The van der Waals surface area contributed by atoms with Gasteiger partial charge in [0.25, 0.3) is 5.91 Å². The van der Waals surface area contributed by atoms with E-state index >= 15 is 0 Å². The third-order valence-electron chi connectivity index (χ3n) is 4.28. The topological polar surface area (TPSA) is 108 Å². The molecule has 2 N–H and O–H groups in total. The average molecular weight is 518 g/mol. The van der Waals surface area contributed by atoms with Gasteiger partial charge in [0.1, 0.15) is 28.2 Å². The van der Waals surface area contributed by atoms with E-state index in [1.54, 1.807) is 20.8 Å². The molecule has 0 aromatic heterocycles. The van der Waals surface area contributed by atoms with Gasteiger partial charge in [0, 0.05) is 20.1 Å². The molecule has 0 aliphatic carbocycles. The van der Waals surface area contributed by atoms with E-state index in [4.69, 9.17) is 14.7 Å². The van der Waals surface area contributed by atoms with Crippen LogP contribution in [0.1, 0.15) is 20.8 Å². The van der Waals surface area contributed by atoms with Gasteiger partial charge in [-0.15, -0.1) is 0 Å². The molecule has 35 heavy (non-hydrogen) atoms. The zero-order valence-electron chi connectivity index (χ0n) is 19.5. The van der Waals surface area contributed by atoms with Gasteiger partial charge in [0.05, 0.1) is 11.4 Å². The SMILES string of the molecule is CN(CCN(CC(=O)NO)S(=O)c1cc(F)c(Oc2ccc(F)cc2)c(F)c1)C(=O)OC(C)(C)C. The van der Waals surface area contributed by atoms with E-state index in [1.165, 1.54) is 29.6 Å². The molecule has 0 aliphatic rings. The molecule has 0 radical (unpaired) electrons. The van der Waals surface area contributed by atoms with Crippen molar-refractivity contribution < 1.29 is 41.7 Å². The Morgan fingerprint density at radius 3 is 2.14 bits per heavy atom. The third-order valence-corrected chi connectivity index (χ3v) is 5.70. The van der Waals surface area contributed by atoms with E-state index in [9.17, 15) is 27.0 Å². The number of rotatable bonds is 9. The number of likely N-dealkylation sites (N-methyl/N-ethyl adjacent to an activating group) is 1. The fourth-order valence-corrected chi connectivity index (χ4v) is 3.80. The van der Waals surface area contributed by atoms with E-state index < -0.39 is 58.3 Å². The zero-order valence-corrected chi connectivity index (χ0v) is 20.3. The number of nitrogens with one attached hydrogen (secondary N) is 1. The van der Waals surface area contributed by atoms with Crippen molar-refractivity contribution in [2.75, 3.05) is 26.7 Å². The molecule has 1 atom stereocenters. The molecule has 1 unspecified atom stereocenters. The molecule has 0 fully saturated rings. The molecule has 2 amide bonds. The molecular weight excluding hydrogens is 491 g/mol. The number of hydrogen-bond donors (Lipinski definition) is 2. The van der Waals surface area contributed by atoms with Gasteiger partial charge in [-0.3, -0.25) is 10.0 Å². The number of nitrogens with zero attached hydrogens (tertiary/aromatic N) is 2. The Balaban J connectivity index is 2.21. The monoisotopic (exact) mass is 517 g/mol. The molecule has 0 aliphatic heterocycles. The third kappa shape index (κ3) is 8.53. The summed E-state index contributed by atoms with van der Waals surface area (Å²) < 4.78 is 66.7. The first-order valence-electron chi connectivity index (χ1n) is 10.3. The summed E-state index contributed by atoms with van der Waals surface area (Å²) in [6, 6.07) is 5.98. The predicted molar refractivity (Wildman–Crippen MR) is 120 cm³/mol. The molecule has 0 spiro atoms. The van der Waals surface area contributed by atoms with Crippen LogP contribution in [-0.4, -0.2) is 62.9 Å². The van der Waals surface area contributed by atoms with Crippen LogP contribution < -0.4 is 10.2 Å². The van der Waals surface area contributed by atoms with Gasteiger partial charge in [-0.25, -0.2) is 32.0 Å². The second-order valence-electron chi connectivity index (χ2n) is 8.32. The summed E-state index contributed by atoms with van der Waals surface area (Å²) in [4.78, 5) is 24.7. The summed E-state index contributed by atoms with van der Waals surface area (Å²) in [5.74, 6) is -4.68. The van der Waals surface area contributed by atoms with Crippen molar-refractivity contribution in [3.05, 3.63) is 53.8 Å². The van der Waals surface area contributed by atoms with E-state index in [0.29, 0.717) is 0 Å². The van der Waals surface area contributed by atoms with Gasteiger partial charge in [-0.05, 0) is 57.2 Å². The van der Waals surface area contributed by atoms with Gasteiger partial charge in [0.15, 0.2) is 17.4 Å². The molecule has 13 heteroatoms. The Bertz CT molecular complexity index is 1060. The van der Waals surface area contributed by atoms with Crippen molar-refractivity contribution in [3.63, 3.8) is 0 Å². The van der Waals surface area contributed by atoms with Crippen LogP contribution in [0.5, 0.6) is 11.5 Å². The minimum Gasteiger partial charge on any atom is -0.451 e. The van der Waals surface area contributed by atoms with Crippen molar-refractivity contribution in [1.29, 1.82) is 0 Å². The molecule has 2 aromatic carbocycles. The summed E-state index contributed by atoms with van der Waals surface area (Å²) in [7, 11) is -0.854. The Morgan fingerprint density at radius 2 is 1.63 bits per heavy atom. The minimum absolute atomic E-state index is 0.0236. The highest BCUT2D eigenvalue weighted by molar-refractivity contribution is 7.82. The van der Waals surface area contributed by atoms with Crippen LogP contribution in [0.25, 0.3) is 0 Å². The Labute approximate surface area is 203 Å². The summed E-state index contributed by atoms with van der Waals surface area (Å²) in [5, 5.41) is 8.84. The van der Waals surface area contributed by atoms with E-state index in [0.717, 1.165) is 28.6 Å². The maximum absolute atomic E-state index is 14.6. The maximum Gasteiger partial charge on any atom is 0.410 e. The summed E-state index contributed by atoms with van der Waals surface area (Å²) in [6.45, 7) is 4.19. The number of hydroxylamine groups is 1. The van der Waals surface area contributed by atoms with E-state index in [-0.39, 0.29) is 23.7 Å². The molecular formula is C22H26F3N3O6S. The molecule has 0 heterocycles. The van der Waals surface area contributed by atoms with Gasteiger partial charge < -0.3 is 14.4 Å². The second kappa shape index (κ2) is 12.0. The molecule has 2 aromatic rings. The fraction of sp³-hybridized carbons (Fsp3) is 0.364. The molecule has 2 rings (SSSR count). The number of hydrogen-bond acceptors (Lipinski definition) is 6. The standard InChI is InChI=1S/C22H26F3N3O6S/c1-22(2,3)34-21(30)27(4)9-10-28(13-19(29)26-31)35(32)16-11-17(24)20(18(25)12-16)33-15-7-5-14(23)6-8-15/h5-8,11-12,31H,9-10,13H2,1-4H3,(H,26,29). The lowest BCUT2D eigenvalue weighted by Crippen LogP contribution is -2.43. The summed E-state index contributed by atoms with van der Waals surface area (Å²) >= 11 is 0. The number of carbonyl (C=O) groups excluding carboxylic acids is 2. The number of carbonyl (C=O) groups is 2. The largest absolute Gasteiger partial charge is 0.451 e. The molecule has 0 bridgehead atoms. The van der Waals surface area contributed by atoms with Gasteiger partial charge in [-0.2, -0.15) is 0 Å². The number of benzene rings is 2. The highest BCUT2D eigenvalue weighted by atomic mass is 32.2. The van der Waals surface area contributed by atoms with Crippen LogP contribution in [0.4, 0.5) is 18.0 Å². The van der Waals surface area contributed by atoms with Crippen LogP contribution in [0.15, 0.2) is 41.3 Å². The van der Waals surface area contributed by atoms with Crippen LogP contribution in [0.3, 0.4) is 0 Å². The lowest BCUT2D eigenvalue weighted by Gasteiger charge is -2.27. The minimum atomic E-state index is -2.27. The van der Waals surface area contributed by atoms with Gasteiger partial charge >= 0.3 is 6.09 Å². The van der Waals surface area contributed by atoms with Crippen molar-refractivity contribution in [2.24, 2.45) is 0 Å². The van der Waals surface area contributed by atoms with E-state index in [1.807, 2.05) is 0 Å². The summed E-state index contributed by atoms with van der Waals surface area (Å²) in [5.41, 5.74) is 0.639. The first-order chi connectivity index (χ1) is 16.3. The fourth-order valence-electron chi connectivity index (χ4n) is 2.61. The van der Waals surface area contributed by atoms with E-state index in [2.05, 4.69) is 0 Å². The molecule has 192 valence electrons. The van der Waals surface area contributed by atoms with Crippen LogP contribution in [0, 0.1) is 17.5 Å². The Kier molecular flexibility index (Phi) is 9.63. The zero-order chi connectivity index (χ0) is 26.3. The number of halogens is 3. The highest BCUT2D eigenvalue weighted by Gasteiger charge is 2.25. The Morgan fingerprint density at radius 1 is 1.06 bits per heavy atom. The lowest BCUT2D eigenvalue weighted by atomic mass is 10.2. The highest BCUT2D eigenvalue weighted by Crippen LogP contribution is 2.30. The first kappa shape index (κ1) is 28.1. The maximum atomic E-state index is 14.6. The number of ether oxygens (including phenoxy) is 2. The van der Waals surface area contributed by atoms with Crippen LogP contribution in [0.2, 0.25) is 0 Å². The van der Waals surface area contributed by atoms with Crippen LogP contribution >= 0.6 is 0 Å². The summed E-state index contributed by atoms with van der Waals surface area (Å²) in [6.07, 6.45) is -0.672. The molecule has 9 nitrogen and oxygen atoms in total. The predicted octanol–water partition coefficient (Wildman–Crippen LogP) is 3.59. The lowest BCUT2D eigenvalue weighted by molar-refractivity contribution is -0.129. The van der Waals surface area contributed by atoms with Crippen molar-refractivity contribution >= 4 is 23.0 Å². The Hall–Kier alpha value is -3.16. The molecule has 0 saturated carbocycles. The van der Waals surface area contributed by atoms with Crippen LogP contribution in [-0.2, 0) is 20.5 Å². The van der Waals surface area contributed by atoms with Crippen molar-refractivity contribution in [2.45, 2.75) is 31.3 Å². The average Bonchev–Trinajstić information content (AvgIpc) is 2.78. The van der Waals surface area contributed by atoms with Gasteiger partial charge in [-0.1, -0.05) is 0 Å². The van der Waals surface area contributed by atoms with Crippen molar-refractivity contribution in [3.8, 4) is 11.5 Å². The molecule has 0 saturated heterocycles. The van der Waals surface area contributed by atoms with Crippen molar-refractivity contribution in [1.82, 2.24) is 14.7 Å². The normalized spacial score (nSPS) is 12.3. The van der Waals surface area contributed by atoms with Gasteiger partial charge in [0.2, 0.25) is 0 Å². The first-order valence-corrected chi connectivity index (χ1v) is 11.4.